The highest BCUT2D eigenvalue weighted by Crippen LogP contribution is 2.17. The van der Waals surface area contributed by atoms with Crippen LogP contribution in [0.25, 0.3) is 17.2 Å². The minimum atomic E-state index is -0.0582. The fourth-order valence-corrected chi connectivity index (χ4v) is 2.23. The zero-order chi connectivity index (χ0) is 16.1. The SMILES string of the molecule is CC(=O)NCCc1nc(-c2ccccc2)nn1-c1ccccn1. The van der Waals surface area contributed by atoms with Gasteiger partial charge in [0, 0.05) is 31.6 Å². The number of hydrogen-bond acceptors (Lipinski definition) is 4. The highest BCUT2D eigenvalue weighted by molar-refractivity contribution is 5.72. The van der Waals surface area contributed by atoms with Gasteiger partial charge >= 0.3 is 0 Å². The maximum atomic E-state index is 11.0. The molecule has 1 aromatic carbocycles. The summed E-state index contributed by atoms with van der Waals surface area (Å²) in [4.78, 5) is 20.0. The fourth-order valence-electron chi connectivity index (χ4n) is 2.23. The summed E-state index contributed by atoms with van der Waals surface area (Å²) in [7, 11) is 0. The molecule has 0 fully saturated rings. The van der Waals surface area contributed by atoms with Crippen molar-refractivity contribution in [3.63, 3.8) is 0 Å². The van der Waals surface area contributed by atoms with Gasteiger partial charge in [-0.05, 0) is 12.1 Å². The van der Waals surface area contributed by atoms with Crippen molar-refractivity contribution in [3.8, 4) is 17.2 Å². The average Bonchev–Trinajstić information content (AvgIpc) is 3.00. The molecule has 6 heteroatoms. The molecule has 0 saturated carbocycles. The van der Waals surface area contributed by atoms with E-state index in [1.54, 1.807) is 10.9 Å². The van der Waals surface area contributed by atoms with Gasteiger partial charge in [-0.15, -0.1) is 5.10 Å². The second-order valence-electron chi connectivity index (χ2n) is 5.05. The third kappa shape index (κ3) is 3.60. The Morgan fingerprint density at radius 2 is 1.91 bits per heavy atom. The normalized spacial score (nSPS) is 10.5. The Bertz CT molecular complexity index is 783. The molecule has 3 rings (SSSR count). The van der Waals surface area contributed by atoms with Crippen molar-refractivity contribution in [1.29, 1.82) is 0 Å². The first-order valence-corrected chi connectivity index (χ1v) is 7.41. The molecule has 116 valence electrons. The van der Waals surface area contributed by atoms with Crippen LogP contribution in [0.2, 0.25) is 0 Å². The molecule has 0 aliphatic carbocycles. The molecule has 1 amide bonds. The number of carbonyl (C=O) groups is 1. The summed E-state index contributed by atoms with van der Waals surface area (Å²) < 4.78 is 1.73. The van der Waals surface area contributed by atoms with E-state index in [1.807, 2.05) is 48.5 Å². The van der Waals surface area contributed by atoms with E-state index in [1.165, 1.54) is 6.92 Å². The molecule has 0 unspecified atom stereocenters. The average molecular weight is 307 g/mol. The summed E-state index contributed by atoms with van der Waals surface area (Å²) in [5, 5.41) is 7.36. The van der Waals surface area contributed by atoms with Gasteiger partial charge in [0.15, 0.2) is 11.6 Å². The van der Waals surface area contributed by atoms with Gasteiger partial charge in [0.2, 0.25) is 5.91 Å². The van der Waals surface area contributed by atoms with Gasteiger partial charge in [0.1, 0.15) is 5.82 Å². The first-order valence-electron chi connectivity index (χ1n) is 7.41. The molecule has 0 saturated heterocycles. The molecule has 0 atom stereocenters. The van der Waals surface area contributed by atoms with Gasteiger partial charge in [-0.2, -0.15) is 4.68 Å². The fraction of sp³-hybridized carbons (Fsp3) is 0.176. The number of rotatable bonds is 5. The summed E-state index contributed by atoms with van der Waals surface area (Å²) in [5.74, 6) is 2.06. The lowest BCUT2D eigenvalue weighted by Gasteiger charge is -2.04. The predicted octanol–water partition coefficient (Wildman–Crippen LogP) is 2.01. The van der Waals surface area contributed by atoms with E-state index in [2.05, 4.69) is 20.4 Å². The van der Waals surface area contributed by atoms with Gasteiger partial charge in [0.05, 0.1) is 0 Å². The van der Waals surface area contributed by atoms with Crippen LogP contribution >= 0.6 is 0 Å². The monoisotopic (exact) mass is 307 g/mol. The van der Waals surface area contributed by atoms with Crippen LogP contribution in [0.1, 0.15) is 12.7 Å². The minimum absolute atomic E-state index is 0.0582. The maximum absolute atomic E-state index is 11.0. The van der Waals surface area contributed by atoms with Crippen LogP contribution in [0, 0.1) is 0 Å². The number of amides is 1. The molecule has 0 aliphatic heterocycles. The summed E-state index contributed by atoms with van der Waals surface area (Å²) in [6.45, 7) is 2.01. The van der Waals surface area contributed by atoms with Crippen molar-refractivity contribution < 1.29 is 4.79 Å². The van der Waals surface area contributed by atoms with E-state index in [0.717, 1.165) is 11.4 Å². The smallest absolute Gasteiger partial charge is 0.216 e. The molecule has 0 aliphatic rings. The molecule has 0 spiro atoms. The molecule has 0 radical (unpaired) electrons. The zero-order valence-corrected chi connectivity index (χ0v) is 12.8. The Morgan fingerprint density at radius 1 is 1.13 bits per heavy atom. The summed E-state index contributed by atoms with van der Waals surface area (Å²) in [6, 6.07) is 15.4. The lowest BCUT2D eigenvalue weighted by atomic mass is 10.2. The number of nitrogens with one attached hydrogen (secondary N) is 1. The van der Waals surface area contributed by atoms with E-state index < -0.39 is 0 Å². The summed E-state index contributed by atoms with van der Waals surface area (Å²) >= 11 is 0. The lowest BCUT2D eigenvalue weighted by Crippen LogP contribution is -2.23. The van der Waals surface area contributed by atoms with Crippen molar-refractivity contribution in [2.24, 2.45) is 0 Å². The van der Waals surface area contributed by atoms with Gasteiger partial charge in [0.25, 0.3) is 0 Å². The molecule has 2 aromatic heterocycles. The van der Waals surface area contributed by atoms with Crippen LogP contribution in [0.4, 0.5) is 0 Å². The lowest BCUT2D eigenvalue weighted by molar-refractivity contribution is -0.118. The van der Waals surface area contributed by atoms with Gasteiger partial charge in [-0.25, -0.2) is 9.97 Å². The molecule has 1 N–H and O–H groups in total. The number of carbonyl (C=O) groups excluding carboxylic acids is 1. The van der Waals surface area contributed by atoms with Crippen molar-refractivity contribution in [1.82, 2.24) is 25.1 Å². The topological polar surface area (TPSA) is 72.7 Å². The van der Waals surface area contributed by atoms with Gasteiger partial charge in [-0.3, -0.25) is 4.79 Å². The Labute approximate surface area is 134 Å². The van der Waals surface area contributed by atoms with Crippen molar-refractivity contribution in [3.05, 3.63) is 60.6 Å². The Hall–Kier alpha value is -3.02. The third-order valence-corrected chi connectivity index (χ3v) is 3.29. The van der Waals surface area contributed by atoms with E-state index in [9.17, 15) is 4.79 Å². The highest BCUT2D eigenvalue weighted by Gasteiger charge is 2.13. The molecule has 2 heterocycles. The number of pyridine rings is 1. The third-order valence-electron chi connectivity index (χ3n) is 3.29. The summed E-state index contributed by atoms with van der Waals surface area (Å²) in [6.07, 6.45) is 2.30. The zero-order valence-electron chi connectivity index (χ0n) is 12.8. The van der Waals surface area contributed by atoms with E-state index in [4.69, 9.17) is 0 Å². The first kappa shape index (κ1) is 14.9. The number of nitrogens with zero attached hydrogens (tertiary/aromatic N) is 4. The van der Waals surface area contributed by atoms with Crippen molar-refractivity contribution in [2.45, 2.75) is 13.3 Å². The van der Waals surface area contributed by atoms with Gasteiger partial charge < -0.3 is 5.32 Å². The Balaban J connectivity index is 1.95. The quantitative estimate of drug-likeness (QED) is 0.782. The van der Waals surface area contributed by atoms with Crippen LogP contribution in [0.3, 0.4) is 0 Å². The van der Waals surface area contributed by atoms with Crippen LogP contribution in [0.15, 0.2) is 54.7 Å². The number of benzene rings is 1. The Kier molecular flexibility index (Phi) is 4.42. The molecular formula is C17H17N5O. The van der Waals surface area contributed by atoms with E-state index in [0.29, 0.717) is 24.6 Å². The highest BCUT2D eigenvalue weighted by atomic mass is 16.1. The van der Waals surface area contributed by atoms with Gasteiger partial charge in [-0.1, -0.05) is 36.4 Å². The standard InChI is InChI=1S/C17H17N5O/c1-13(23)18-12-10-16-20-17(14-7-3-2-4-8-14)21-22(16)15-9-5-6-11-19-15/h2-9,11H,10,12H2,1H3,(H,18,23). The second kappa shape index (κ2) is 6.83. The maximum Gasteiger partial charge on any atom is 0.216 e. The molecule has 23 heavy (non-hydrogen) atoms. The second-order valence-corrected chi connectivity index (χ2v) is 5.05. The van der Waals surface area contributed by atoms with Crippen LogP contribution in [-0.4, -0.2) is 32.2 Å². The van der Waals surface area contributed by atoms with Crippen molar-refractivity contribution >= 4 is 5.91 Å². The largest absolute Gasteiger partial charge is 0.356 e. The van der Waals surface area contributed by atoms with Crippen LogP contribution < -0.4 is 5.32 Å². The minimum Gasteiger partial charge on any atom is -0.356 e. The van der Waals surface area contributed by atoms with Crippen LogP contribution in [-0.2, 0) is 11.2 Å². The van der Waals surface area contributed by atoms with E-state index in [-0.39, 0.29) is 5.91 Å². The first-order chi connectivity index (χ1) is 11.2. The Morgan fingerprint density at radius 3 is 2.61 bits per heavy atom. The van der Waals surface area contributed by atoms with Crippen LogP contribution in [0.5, 0.6) is 0 Å². The van der Waals surface area contributed by atoms with Crippen molar-refractivity contribution in [2.75, 3.05) is 6.54 Å². The molecule has 6 nitrogen and oxygen atoms in total. The molecular weight excluding hydrogens is 290 g/mol. The summed E-state index contributed by atoms with van der Waals surface area (Å²) in [5.41, 5.74) is 0.947. The molecule has 3 aromatic rings. The number of hydrogen-bond donors (Lipinski definition) is 1. The molecule has 0 bridgehead atoms. The number of aromatic nitrogens is 4. The van der Waals surface area contributed by atoms with E-state index >= 15 is 0 Å². The predicted molar refractivity (Wildman–Crippen MR) is 87.0 cm³/mol.